The zero-order valence-corrected chi connectivity index (χ0v) is 11.6. The molecule has 1 N–H and O–H groups in total. The van der Waals surface area contributed by atoms with Crippen LogP contribution in [0.3, 0.4) is 0 Å². The van der Waals surface area contributed by atoms with Gasteiger partial charge in [0, 0.05) is 0 Å². The predicted octanol–water partition coefficient (Wildman–Crippen LogP) is 1.01. The molecule has 20 heavy (non-hydrogen) atoms. The lowest BCUT2D eigenvalue weighted by atomic mass is 10.1. The molecule has 0 heterocycles. The van der Waals surface area contributed by atoms with Crippen molar-refractivity contribution in [3.8, 4) is 0 Å². The number of halogens is 1. The van der Waals surface area contributed by atoms with E-state index in [2.05, 4.69) is 5.32 Å². The van der Waals surface area contributed by atoms with E-state index in [1.165, 1.54) is 18.2 Å². The molecule has 0 unspecified atom stereocenters. The van der Waals surface area contributed by atoms with E-state index in [1.807, 2.05) is 0 Å². The first-order valence-corrected chi connectivity index (χ1v) is 6.12. The predicted molar refractivity (Wildman–Crippen MR) is 68.3 cm³/mol. The highest BCUT2D eigenvalue weighted by Gasteiger charge is 2.20. The van der Waals surface area contributed by atoms with Gasteiger partial charge in [-0.3, -0.25) is 0 Å². The Balaban J connectivity index is 2.71. The Hall–Kier alpha value is -2.11. The second-order valence-electron chi connectivity index (χ2n) is 5.35. The fraction of sp³-hybridized carbons (Fsp3) is 0.429. The number of amides is 1. The summed E-state index contributed by atoms with van der Waals surface area (Å²) in [5, 5.41) is 13.2. The summed E-state index contributed by atoms with van der Waals surface area (Å²) in [5.74, 6) is -1.93. The largest absolute Gasteiger partial charge is 0.548 e. The van der Waals surface area contributed by atoms with Crippen LogP contribution in [-0.2, 0) is 16.0 Å². The molecule has 0 radical (unpaired) electrons. The van der Waals surface area contributed by atoms with E-state index in [9.17, 15) is 19.1 Å². The van der Waals surface area contributed by atoms with E-state index < -0.39 is 29.5 Å². The summed E-state index contributed by atoms with van der Waals surface area (Å²) in [6.45, 7) is 4.98. The van der Waals surface area contributed by atoms with Crippen molar-refractivity contribution in [2.75, 3.05) is 0 Å². The number of carbonyl (C=O) groups excluding carboxylic acids is 2. The molecule has 0 saturated heterocycles. The summed E-state index contributed by atoms with van der Waals surface area (Å²) >= 11 is 0. The summed E-state index contributed by atoms with van der Waals surface area (Å²) in [4.78, 5) is 22.5. The van der Waals surface area contributed by atoms with Crippen LogP contribution in [0.5, 0.6) is 0 Å². The molecule has 1 aromatic carbocycles. The van der Waals surface area contributed by atoms with Crippen LogP contribution in [0.4, 0.5) is 9.18 Å². The van der Waals surface area contributed by atoms with Crippen LogP contribution in [0, 0.1) is 5.82 Å². The molecule has 0 bridgehead atoms. The molecule has 0 fully saturated rings. The third kappa shape index (κ3) is 5.69. The minimum Gasteiger partial charge on any atom is -0.548 e. The molecule has 1 aromatic rings. The number of ether oxygens (including phenoxy) is 1. The number of alkyl carbamates (subject to hydrolysis) is 1. The molecule has 0 spiro atoms. The molecule has 0 saturated carbocycles. The zero-order valence-electron chi connectivity index (χ0n) is 11.6. The Kier molecular flexibility index (Phi) is 5.07. The summed E-state index contributed by atoms with van der Waals surface area (Å²) < 4.78 is 18.0. The van der Waals surface area contributed by atoms with Crippen LogP contribution in [0.15, 0.2) is 24.3 Å². The van der Waals surface area contributed by atoms with Gasteiger partial charge in [-0.1, -0.05) is 12.1 Å². The zero-order chi connectivity index (χ0) is 15.3. The fourth-order valence-corrected chi connectivity index (χ4v) is 1.54. The maximum absolute atomic E-state index is 13.0. The maximum atomic E-state index is 13.0. The molecule has 0 aliphatic heterocycles. The lowest BCUT2D eigenvalue weighted by Crippen LogP contribution is -2.50. The van der Waals surface area contributed by atoms with Gasteiger partial charge in [0.15, 0.2) is 0 Å². The molecule has 0 aromatic heterocycles. The van der Waals surface area contributed by atoms with Crippen molar-refractivity contribution >= 4 is 12.1 Å². The molecule has 1 atom stereocenters. The molecule has 1 amide bonds. The molecule has 6 heteroatoms. The highest BCUT2D eigenvalue weighted by atomic mass is 19.1. The summed E-state index contributed by atoms with van der Waals surface area (Å²) in [5.41, 5.74) is -0.297. The van der Waals surface area contributed by atoms with Crippen molar-refractivity contribution in [1.82, 2.24) is 5.32 Å². The Morgan fingerprint density at radius 3 is 2.55 bits per heavy atom. The standard InChI is InChI=1S/C14H18FNO4/c1-14(2,3)20-13(19)16-11(12(17)18)8-9-5-4-6-10(15)7-9/h4-7,11H,8H2,1-3H3,(H,16,19)(H,17,18)/p-1/t11-/m1/s1. The number of benzene rings is 1. The van der Waals surface area contributed by atoms with E-state index in [0.29, 0.717) is 5.56 Å². The monoisotopic (exact) mass is 282 g/mol. The number of carboxylic acid groups (broad SMARTS) is 1. The van der Waals surface area contributed by atoms with Crippen LogP contribution < -0.4 is 10.4 Å². The van der Waals surface area contributed by atoms with Gasteiger partial charge in [0.1, 0.15) is 11.4 Å². The van der Waals surface area contributed by atoms with Gasteiger partial charge in [0.05, 0.1) is 12.0 Å². The number of carbonyl (C=O) groups is 2. The molecule has 0 aliphatic carbocycles. The summed E-state index contributed by atoms with van der Waals surface area (Å²) in [7, 11) is 0. The molecule has 5 nitrogen and oxygen atoms in total. The third-order valence-electron chi connectivity index (χ3n) is 2.30. The molecular formula is C14H17FNO4-. The molecule has 0 aliphatic rings. The second kappa shape index (κ2) is 6.36. The van der Waals surface area contributed by atoms with Gasteiger partial charge in [-0.2, -0.15) is 0 Å². The van der Waals surface area contributed by atoms with Crippen molar-refractivity contribution < 1.29 is 23.8 Å². The SMILES string of the molecule is CC(C)(C)OC(=O)N[C@H](Cc1cccc(F)c1)C(=O)[O-]. The number of nitrogens with one attached hydrogen (secondary N) is 1. The lowest BCUT2D eigenvalue weighted by molar-refractivity contribution is -0.308. The second-order valence-corrected chi connectivity index (χ2v) is 5.35. The van der Waals surface area contributed by atoms with E-state index in [-0.39, 0.29) is 6.42 Å². The molecule has 1 rings (SSSR count). The molecule has 110 valence electrons. The van der Waals surface area contributed by atoms with E-state index in [0.717, 1.165) is 0 Å². The number of hydrogen-bond donors (Lipinski definition) is 1. The van der Waals surface area contributed by atoms with Gasteiger partial charge < -0.3 is 20.0 Å². The fourth-order valence-electron chi connectivity index (χ4n) is 1.54. The van der Waals surface area contributed by atoms with Crippen molar-refractivity contribution in [3.63, 3.8) is 0 Å². The average Bonchev–Trinajstić information content (AvgIpc) is 2.25. The van der Waals surface area contributed by atoms with E-state index in [4.69, 9.17) is 4.74 Å². The van der Waals surface area contributed by atoms with Gasteiger partial charge >= 0.3 is 6.09 Å². The first-order chi connectivity index (χ1) is 9.17. The van der Waals surface area contributed by atoms with E-state index >= 15 is 0 Å². The van der Waals surface area contributed by atoms with Gasteiger partial charge in [0.2, 0.25) is 0 Å². The highest BCUT2D eigenvalue weighted by Crippen LogP contribution is 2.09. The minimum atomic E-state index is -1.46. The first-order valence-electron chi connectivity index (χ1n) is 6.12. The van der Waals surface area contributed by atoms with Crippen LogP contribution in [0.1, 0.15) is 26.3 Å². The third-order valence-corrected chi connectivity index (χ3v) is 2.30. The topological polar surface area (TPSA) is 78.5 Å². The quantitative estimate of drug-likeness (QED) is 0.894. The molecular weight excluding hydrogens is 265 g/mol. The van der Waals surface area contributed by atoms with Crippen molar-refractivity contribution in [3.05, 3.63) is 35.6 Å². The number of carboxylic acids is 1. The summed E-state index contributed by atoms with van der Waals surface area (Å²) in [6, 6.07) is 4.19. The average molecular weight is 282 g/mol. The Morgan fingerprint density at radius 1 is 1.40 bits per heavy atom. The van der Waals surface area contributed by atoms with Crippen LogP contribution in [0.25, 0.3) is 0 Å². The van der Waals surface area contributed by atoms with Crippen molar-refractivity contribution in [2.24, 2.45) is 0 Å². The Bertz CT molecular complexity index is 496. The van der Waals surface area contributed by atoms with Gasteiger partial charge in [-0.25, -0.2) is 9.18 Å². The van der Waals surface area contributed by atoms with Crippen molar-refractivity contribution in [1.29, 1.82) is 0 Å². The van der Waals surface area contributed by atoms with Gasteiger partial charge in [-0.15, -0.1) is 0 Å². The highest BCUT2D eigenvalue weighted by molar-refractivity contribution is 5.79. The van der Waals surface area contributed by atoms with Crippen LogP contribution >= 0.6 is 0 Å². The summed E-state index contributed by atoms with van der Waals surface area (Å²) in [6.07, 6.45) is -0.942. The number of hydrogen-bond acceptors (Lipinski definition) is 4. The Labute approximate surface area is 116 Å². The smallest absolute Gasteiger partial charge is 0.408 e. The number of rotatable bonds is 4. The lowest BCUT2D eigenvalue weighted by Gasteiger charge is -2.24. The van der Waals surface area contributed by atoms with Crippen molar-refractivity contribution in [2.45, 2.75) is 38.8 Å². The van der Waals surface area contributed by atoms with Gasteiger partial charge in [-0.05, 0) is 44.9 Å². The Morgan fingerprint density at radius 2 is 2.05 bits per heavy atom. The minimum absolute atomic E-state index is 0.0840. The number of aliphatic carboxylic acids is 1. The normalized spacial score (nSPS) is 12.6. The first kappa shape index (κ1) is 15.9. The van der Waals surface area contributed by atoms with Crippen LogP contribution in [0.2, 0.25) is 0 Å². The van der Waals surface area contributed by atoms with Gasteiger partial charge in [0.25, 0.3) is 0 Å². The maximum Gasteiger partial charge on any atom is 0.408 e. The van der Waals surface area contributed by atoms with Crippen LogP contribution in [-0.4, -0.2) is 23.7 Å². The van der Waals surface area contributed by atoms with E-state index in [1.54, 1.807) is 26.8 Å².